The largest absolute Gasteiger partial charge is 0.497 e. The third-order valence-electron chi connectivity index (χ3n) is 9.35. The molecule has 7 nitrogen and oxygen atoms in total. The fourth-order valence-electron chi connectivity index (χ4n) is 7.47. The van der Waals surface area contributed by atoms with Gasteiger partial charge in [-0.2, -0.15) is 0 Å². The van der Waals surface area contributed by atoms with Crippen LogP contribution in [0.25, 0.3) is 6.08 Å². The SMILES string of the molecule is COc1cccc(C(=O)[C@@H]2[C@@H](c3cc(OC)ccc3OC)C3(C(=O)c4ccccc4C3=O)[C@@H]3C=Cc4cc(C)ccc4N23)c1. The lowest BCUT2D eigenvalue weighted by atomic mass is 9.64. The zero-order chi connectivity index (χ0) is 30.7. The number of fused-ring (bicyclic) bond motifs is 5. The number of carbonyl (C=O) groups excluding carboxylic acids is 3. The first-order chi connectivity index (χ1) is 21.3. The van der Waals surface area contributed by atoms with Crippen molar-refractivity contribution in [1.29, 1.82) is 0 Å². The van der Waals surface area contributed by atoms with Crippen molar-refractivity contribution in [3.05, 3.63) is 124 Å². The normalized spacial score (nSPS) is 20.7. The summed E-state index contributed by atoms with van der Waals surface area (Å²) in [6.45, 7) is 2.01. The predicted molar refractivity (Wildman–Crippen MR) is 167 cm³/mol. The summed E-state index contributed by atoms with van der Waals surface area (Å²) in [7, 11) is 4.65. The molecule has 0 saturated carbocycles. The fourth-order valence-corrected chi connectivity index (χ4v) is 7.47. The van der Waals surface area contributed by atoms with Gasteiger partial charge in [0.25, 0.3) is 0 Å². The van der Waals surface area contributed by atoms with Crippen molar-refractivity contribution in [3.8, 4) is 17.2 Å². The van der Waals surface area contributed by atoms with E-state index >= 15 is 0 Å². The quantitative estimate of drug-likeness (QED) is 0.193. The number of anilines is 1. The molecule has 1 saturated heterocycles. The van der Waals surface area contributed by atoms with Crippen LogP contribution in [0.2, 0.25) is 0 Å². The van der Waals surface area contributed by atoms with E-state index in [0.29, 0.717) is 39.5 Å². The Balaban J connectivity index is 1.58. The first-order valence-corrected chi connectivity index (χ1v) is 14.5. The first-order valence-electron chi connectivity index (χ1n) is 14.5. The molecule has 0 amide bonds. The minimum absolute atomic E-state index is 0.237. The third kappa shape index (κ3) is 3.71. The molecule has 2 heterocycles. The number of carbonyl (C=O) groups is 3. The van der Waals surface area contributed by atoms with Gasteiger partial charge in [0.2, 0.25) is 0 Å². The van der Waals surface area contributed by atoms with Crippen LogP contribution in [0.4, 0.5) is 5.69 Å². The molecule has 220 valence electrons. The van der Waals surface area contributed by atoms with Crippen molar-refractivity contribution in [2.45, 2.75) is 24.9 Å². The smallest absolute Gasteiger partial charge is 0.186 e. The van der Waals surface area contributed by atoms with E-state index in [1.54, 1.807) is 88.1 Å². The average Bonchev–Trinajstić information content (AvgIpc) is 3.49. The molecule has 1 spiro atoms. The highest BCUT2D eigenvalue weighted by Crippen LogP contribution is 2.62. The summed E-state index contributed by atoms with van der Waals surface area (Å²) in [6, 6.07) is 23.6. The Morgan fingerprint density at radius 3 is 2.16 bits per heavy atom. The molecule has 3 atom stereocenters. The van der Waals surface area contributed by atoms with Gasteiger partial charge in [0.05, 0.1) is 27.4 Å². The predicted octanol–water partition coefficient (Wildman–Crippen LogP) is 6.34. The van der Waals surface area contributed by atoms with E-state index in [9.17, 15) is 14.4 Å². The highest BCUT2D eigenvalue weighted by Gasteiger charge is 2.72. The Labute approximate surface area is 255 Å². The van der Waals surface area contributed by atoms with Crippen LogP contribution in [-0.2, 0) is 0 Å². The molecule has 0 aromatic heterocycles. The number of aryl methyl sites for hydroxylation is 1. The Morgan fingerprint density at radius 1 is 0.773 bits per heavy atom. The molecular formula is C37H31NO6. The van der Waals surface area contributed by atoms with E-state index in [4.69, 9.17) is 14.2 Å². The number of methoxy groups -OCH3 is 3. The number of hydrogen-bond donors (Lipinski definition) is 0. The Morgan fingerprint density at radius 2 is 1.48 bits per heavy atom. The van der Waals surface area contributed by atoms with Gasteiger partial charge >= 0.3 is 0 Å². The Hall–Kier alpha value is -5.17. The summed E-state index contributed by atoms with van der Waals surface area (Å²) in [5.41, 5.74) is 2.79. The first kappa shape index (κ1) is 27.7. The molecular weight excluding hydrogens is 554 g/mol. The zero-order valence-corrected chi connectivity index (χ0v) is 24.9. The second kappa shape index (κ2) is 10.2. The molecule has 0 radical (unpaired) electrons. The van der Waals surface area contributed by atoms with Crippen molar-refractivity contribution in [3.63, 3.8) is 0 Å². The van der Waals surface area contributed by atoms with E-state index in [1.807, 2.05) is 42.2 Å². The van der Waals surface area contributed by atoms with E-state index in [1.165, 1.54) is 0 Å². The number of nitrogens with zero attached hydrogens (tertiary/aromatic N) is 1. The summed E-state index contributed by atoms with van der Waals surface area (Å²) >= 11 is 0. The van der Waals surface area contributed by atoms with Gasteiger partial charge in [-0.15, -0.1) is 0 Å². The highest BCUT2D eigenvalue weighted by atomic mass is 16.5. The van der Waals surface area contributed by atoms with E-state index in [0.717, 1.165) is 16.8 Å². The lowest BCUT2D eigenvalue weighted by Crippen LogP contribution is -2.48. The summed E-state index contributed by atoms with van der Waals surface area (Å²) in [5, 5.41) is 0. The molecule has 1 aliphatic carbocycles. The van der Waals surface area contributed by atoms with Gasteiger partial charge in [0, 0.05) is 33.9 Å². The lowest BCUT2D eigenvalue weighted by molar-refractivity contribution is 0.0664. The second-order valence-electron chi connectivity index (χ2n) is 11.5. The van der Waals surface area contributed by atoms with Crippen LogP contribution in [0, 0.1) is 12.3 Å². The number of ether oxygens (including phenoxy) is 3. The van der Waals surface area contributed by atoms with Gasteiger partial charge in [-0.3, -0.25) is 14.4 Å². The molecule has 7 rings (SSSR count). The second-order valence-corrected chi connectivity index (χ2v) is 11.5. The number of rotatable bonds is 6. The number of hydrogen-bond acceptors (Lipinski definition) is 7. The maximum absolute atomic E-state index is 15.0. The van der Waals surface area contributed by atoms with Crippen molar-refractivity contribution < 1.29 is 28.6 Å². The van der Waals surface area contributed by atoms with Gasteiger partial charge in [-0.05, 0) is 55.0 Å². The summed E-state index contributed by atoms with van der Waals surface area (Å²) in [4.78, 5) is 46.8. The molecule has 7 heteroatoms. The molecule has 44 heavy (non-hydrogen) atoms. The van der Waals surface area contributed by atoms with Crippen LogP contribution in [0.15, 0.2) is 91.0 Å². The van der Waals surface area contributed by atoms with Crippen LogP contribution >= 0.6 is 0 Å². The minimum Gasteiger partial charge on any atom is -0.497 e. The molecule has 2 aliphatic heterocycles. The monoisotopic (exact) mass is 585 g/mol. The Bertz CT molecular complexity index is 1860. The van der Waals surface area contributed by atoms with Crippen molar-refractivity contribution in [1.82, 2.24) is 0 Å². The topological polar surface area (TPSA) is 82.1 Å². The molecule has 4 aromatic rings. The van der Waals surface area contributed by atoms with Crippen molar-refractivity contribution in [2.75, 3.05) is 26.2 Å². The van der Waals surface area contributed by atoms with Crippen LogP contribution in [0.1, 0.15) is 53.7 Å². The van der Waals surface area contributed by atoms with Gasteiger partial charge in [-0.1, -0.05) is 60.2 Å². The maximum Gasteiger partial charge on any atom is 0.186 e. The van der Waals surface area contributed by atoms with Crippen molar-refractivity contribution >= 4 is 29.1 Å². The van der Waals surface area contributed by atoms with Crippen LogP contribution in [-0.4, -0.2) is 50.8 Å². The molecule has 0 bridgehead atoms. The zero-order valence-electron chi connectivity index (χ0n) is 24.9. The third-order valence-corrected chi connectivity index (χ3v) is 9.35. The lowest BCUT2D eigenvalue weighted by Gasteiger charge is -2.37. The Kier molecular flexibility index (Phi) is 6.43. The number of benzene rings is 4. The summed E-state index contributed by atoms with van der Waals surface area (Å²) < 4.78 is 17.0. The van der Waals surface area contributed by atoms with Gasteiger partial charge in [0.15, 0.2) is 17.3 Å². The summed E-state index contributed by atoms with van der Waals surface area (Å²) in [6.07, 6.45) is 3.88. The van der Waals surface area contributed by atoms with E-state index in [2.05, 4.69) is 0 Å². The molecule has 1 fully saturated rings. The van der Waals surface area contributed by atoms with Crippen molar-refractivity contribution in [2.24, 2.45) is 5.41 Å². The van der Waals surface area contributed by atoms with Gasteiger partial charge in [0.1, 0.15) is 28.7 Å². The molecule has 3 aliphatic rings. The van der Waals surface area contributed by atoms with E-state index in [-0.39, 0.29) is 17.3 Å². The maximum atomic E-state index is 15.0. The van der Waals surface area contributed by atoms with Crippen LogP contribution in [0.5, 0.6) is 17.2 Å². The highest BCUT2D eigenvalue weighted by molar-refractivity contribution is 6.32. The molecule has 0 N–H and O–H groups in total. The fraction of sp³-hybridized carbons (Fsp3) is 0.216. The van der Waals surface area contributed by atoms with Gasteiger partial charge < -0.3 is 19.1 Å². The standard InChI is InChI=1S/C37H31NO6/c1-21-12-15-29-22(18-21)13-17-31-37(35(40)26-10-5-6-11-27(26)36(37)41)32(28-20-25(43-3)14-16-30(28)44-4)33(38(29)31)34(39)23-8-7-9-24(19-23)42-2/h5-20,31-33H,1-4H3/t31-,32+,33-/m0/s1. The number of Topliss-reactive ketones (excluding diaryl/α,β-unsaturated/α-hetero) is 3. The van der Waals surface area contributed by atoms with E-state index < -0.39 is 23.4 Å². The summed E-state index contributed by atoms with van der Waals surface area (Å²) in [5.74, 6) is -0.253. The van der Waals surface area contributed by atoms with Gasteiger partial charge in [-0.25, -0.2) is 0 Å². The number of ketones is 3. The van der Waals surface area contributed by atoms with Crippen LogP contribution < -0.4 is 19.1 Å². The minimum atomic E-state index is -1.65. The molecule has 0 unspecified atom stereocenters. The average molecular weight is 586 g/mol. The molecule has 4 aromatic carbocycles. The van der Waals surface area contributed by atoms with Crippen LogP contribution in [0.3, 0.4) is 0 Å².